The van der Waals surface area contributed by atoms with E-state index in [1.54, 1.807) is 28.1 Å². The number of carbonyl (C=O) groups excluding carboxylic acids is 2. The maximum Gasteiger partial charge on any atom is 0.410 e. The zero-order valence-corrected chi connectivity index (χ0v) is 15.0. The first kappa shape index (κ1) is 17.5. The molecule has 2 aliphatic heterocycles. The average Bonchev–Trinajstić information content (AvgIpc) is 3.32. The van der Waals surface area contributed by atoms with Gasteiger partial charge in [0.1, 0.15) is 11.9 Å². The predicted molar refractivity (Wildman–Crippen MR) is 94.7 cm³/mol. The molecule has 7 nitrogen and oxygen atoms in total. The Balaban J connectivity index is 1.35. The Labute approximate surface area is 156 Å². The summed E-state index contributed by atoms with van der Waals surface area (Å²) in [6.45, 7) is 3.20. The molecule has 0 unspecified atom stereocenters. The van der Waals surface area contributed by atoms with Crippen molar-refractivity contribution in [3.05, 3.63) is 53.4 Å². The largest absolute Gasteiger partial charge is 0.442 e. The number of likely N-dealkylation sites (tertiary alicyclic amines) is 1. The zero-order chi connectivity index (χ0) is 19.0. The highest BCUT2D eigenvalue weighted by Crippen LogP contribution is 2.28. The summed E-state index contributed by atoms with van der Waals surface area (Å²) in [6, 6.07) is 6.24. The Bertz CT molecular complexity index is 851. The standard InChI is InChI=1S/C19H21FN4O3/c1-12-9-21-17(22-12)18(25)23-10-15-16(11-23)27-19(26)24(15)8-2-3-13-4-6-14(20)7-5-13/h4-7,9,15-16H,2-3,8,10-11H2,1H3,(H,21,22)/t15-,16+/m0/s1. The lowest BCUT2D eigenvalue weighted by atomic mass is 10.1. The lowest BCUT2D eigenvalue weighted by Gasteiger charge is -2.22. The van der Waals surface area contributed by atoms with Crippen molar-refractivity contribution < 1.29 is 18.7 Å². The number of nitrogens with zero attached hydrogens (tertiary/aromatic N) is 3. The molecule has 8 heteroatoms. The molecule has 2 amide bonds. The quantitative estimate of drug-likeness (QED) is 0.872. The van der Waals surface area contributed by atoms with E-state index in [0.717, 1.165) is 24.1 Å². The van der Waals surface area contributed by atoms with Crippen LogP contribution < -0.4 is 0 Å². The first-order chi connectivity index (χ1) is 13.0. The van der Waals surface area contributed by atoms with Crippen molar-refractivity contribution in [2.45, 2.75) is 31.9 Å². The Morgan fingerprint density at radius 1 is 1.33 bits per heavy atom. The van der Waals surface area contributed by atoms with Crippen molar-refractivity contribution in [3.8, 4) is 0 Å². The van der Waals surface area contributed by atoms with Crippen LogP contribution in [0.4, 0.5) is 9.18 Å². The molecular formula is C19H21FN4O3. The maximum absolute atomic E-state index is 13.0. The SMILES string of the molecule is Cc1cnc(C(=O)N2C[C@H]3OC(=O)N(CCCc4ccc(F)cc4)[C@H]3C2)[nH]1. The first-order valence-corrected chi connectivity index (χ1v) is 9.04. The highest BCUT2D eigenvalue weighted by Gasteiger charge is 2.48. The molecule has 3 heterocycles. The molecule has 2 atom stereocenters. The number of amides is 2. The summed E-state index contributed by atoms with van der Waals surface area (Å²) in [4.78, 5) is 35.1. The second kappa shape index (κ2) is 7.02. The van der Waals surface area contributed by atoms with Crippen LogP contribution in [-0.4, -0.2) is 63.5 Å². The van der Waals surface area contributed by atoms with E-state index in [2.05, 4.69) is 9.97 Å². The van der Waals surface area contributed by atoms with Crippen LogP contribution in [-0.2, 0) is 11.2 Å². The van der Waals surface area contributed by atoms with Crippen LogP contribution in [0.3, 0.4) is 0 Å². The van der Waals surface area contributed by atoms with Crippen molar-refractivity contribution >= 4 is 12.0 Å². The van der Waals surface area contributed by atoms with Crippen LogP contribution in [0.25, 0.3) is 0 Å². The van der Waals surface area contributed by atoms with Crippen LogP contribution in [0.15, 0.2) is 30.5 Å². The Kier molecular flexibility index (Phi) is 4.55. The highest BCUT2D eigenvalue weighted by atomic mass is 19.1. The molecular weight excluding hydrogens is 351 g/mol. The average molecular weight is 372 g/mol. The van der Waals surface area contributed by atoms with E-state index >= 15 is 0 Å². The maximum atomic E-state index is 13.0. The number of hydrogen-bond donors (Lipinski definition) is 1. The van der Waals surface area contributed by atoms with Gasteiger partial charge in [-0.05, 0) is 37.5 Å². The molecule has 27 heavy (non-hydrogen) atoms. The van der Waals surface area contributed by atoms with Gasteiger partial charge < -0.3 is 14.6 Å². The highest BCUT2D eigenvalue weighted by molar-refractivity contribution is 5.91. The summed E-state index contributed by atoms with van der Waals surface area (Å²) in [5.41, 5.74) is 1.85. The predicted octanol–water partition coefficient (Wildman–Crippen LogP) is 2.14. The number of imidazole rings is 1. The molecule has 2 aliphatic rings. The van der Waals surface area contributed by atoms with Crippen molar-refractivity contribution in [2.75, 3.05) is 19.6 Å². The smallest absolute Gasteiger partial charge is 0.410 e. The molecule has 0 saturated carbocycles. The first-order valence-electron chi connectivity index (χ1n) is 9.04. The second-order valence-corrected chi connectivity index (χ2v) is 7.04. The van der Waals surface area contributed by atoms with Crippen molar-refractivity contribution in [3.63, 3.8) is 0 Å². The van der Waals surface area contributed by atoms with Gasteiger partial charge in [0, 0.05) is 25.0 Å². The number of carbonyl (C=O) groups is 2. The molecule has 0 bridgehead atoms. The number of aryl methyl sites for hydroxylation is 2. The minimum atomic E-state index is -0.329. The third-order valence-corrected chi connectivity index (χ3v) is 5.09. The molecule has 1 aromatic carbocycles. The van der Waals surface area contributed by atoms with E-state index < -0.39 is 0 Å². The van der Waals surface area contributed by atoms with Crippen LogP contribution in [0.1, 0.15) is 28.3 Å². The fraction of sp³-hybridized carbons (Fsp3) is 0.421. The molecule has 142 valence electrons. The molecule has 0 spiro atoms. The third-order valence-electron chi connectivity index (χ3n) is 5.09. The van der Waals surface area contributed by atoms with Crippen LogP contribution in [0, 0.1) is 12.7 Å². The van der Waals surface area contributed by atoms with E-state index in [4.69, 9.17) is 4.74 Å². The van der Waals surface area contributed by atoms with Gasteiger partial charge in [0.25, 0.3) is 5.91 Å². The van der Waals surface area contributed by atoms with Crippen LogP contribution in [0.5, 0.6) is 0 Å². The summed E-state index contributed by atoms with van der Waals surface area (Å²) >= 11 is 0. The number of rotatable bonds is 5. The minimum absolute atomic E-state index is 0.134. The molecule has 2 aromatic rings. The number of nitrogens with one attached hydrogen (secondary N) is 1. The number of aromatic amines is 1. The topological polar surface area (TPSA) is 78.5 Å². The zero-order valence-electron chi connectivity index (χ0n) is 15.0. The number of fused-ring (bicyclic) bond motifs is 1. The fourth-order valence-corrected chi connectivity index (χ4v) is 3.70. The van der Waals surface area contributed by atoms with Gasteiger partial charge in [-0.25, -0.2) is 14.2 Å². The van der Waals surface area contributed by atoms with Gasteiger partial charge in [-0.2, -0.15) is 0 Å². The lowest BCUT2D eigenvalue weighted by Crippen LogP contribution is -2.40. The van der Waals surface area contributed by atoms with Crippen molar-refractivity contribution in [1.82, 2.24) is 19.8 Å². The summed E-state index contributed by atoms with van der Waals surface area (Å²) < 4.78 is 18.4. The van der Waals surface area contributed by atoms with Gasteiger partial charge in [0.2, 0.25) is 0 Å². The van der Waals surface area contributed by atoms with Crippen LogP contribution >= 0.6 is 0 Å². The van der Waals surface area contributed by atoms with E-state index in [-0.39, 0.29) is 30.0 Å². The number of benzene rings is 1. The Morgan fingerprint density at radius 3 is 2.81 bits per heavy atom. The van der Waals surface area contributed by atoms with Gasteiger partial charge in [-0.1, -0.05) is 12.1 Å². The molecule has 2 fully saturated rings. The van der Waals surface area contributed by atoms with E-state index in [1.165, 1.54) is 12.1 Å². The second-order valence-electron chi connectivity index (χ2n) is 7.04. The van der Waals surface area contributed by atoms with Gasteiger partial charge in [-0.15, -0.1) is 0 Å². The van der Waals surface area contributed by atoms with Crippen molar-refractivity contribution in [1.29, 1.82) is 0 Å². The van der Waals surface area contributed by atoms with E-state index in [1.807, 2.05) is 6.92 Å². The monoisotopic (exact) mass is 372 g/mol. The van der Waals surface area contributed by atoms with E-state index in [9.17, 15) is 14.0 Å². The minimum Gasteiger partial charge on any atom is -0.442 e. The van der Waals surface area contributed by atoms with Gasteiger partial charge >= 0.3 is 6.09 Å². The third kappa shape index (κ3) is 3.51. The summed E-state index contributed by atoms with van der Waals surface area (Å²) in [5, 5.41) is 0. The number of hydrogen-bond acceptors (Lipinski definition) is 4. The number of halogens is 1. The molecule has 0 aliphatic carbocycles. The Hall–Kier alpha value is -2.90. The van der Waals surface area contributed by atoms with Gasteiger partial charge in [-0.3, -0.25) is 9.69 Å². The molecule has 4 rings (SSSR count). The van der Waals surface area contributed by atoms with Gasteiger partial charge in [0.15, 0.2) is 5.82 Å². The summed E-state index contributed by atoms with van der Waals surface area (Å²) in [5.74, 6) is -0.131. The lowest BCUT2D eigenvalue weighted by molar-refractivity contribution is 0.0717. The molecule has 2 saturated heterocycles. The fourth-order valence-electron chi connectivity index (χ4n) is 3.70. The Morgan fingerprint density at radius 2 is 2.11 bits per heavy atom. The number of H-pyrrole nitrogens is 1. The number of ether oxygens (including phenoxy) is 1. The van der Waals surface area contributed by atoms with Gasteiger partial charge in [0.05, 0.1) is 12.6 Å². The number of aromatic nitrogens is 2. The summed E-state index contributed by atoms with van der Waals surface area (Å²) in [6.07, 6.45) is 2.48. The molecule has 1 N–H and O–H groups in total. The van der Waals surface area contributed by atoms with E-state index in [0.29, 0.717) is 25.5 Å². The molecule has 1 aromatic heterocycles. The molecule has 0 radical (unpaired) electrons. The normalized spacial score (nSPS) is 21.5. The summed E-state index contributed by atoms with van der Waals surface area (Å²) in [7, 11) is 0. The van der Waals surface area contributed by atoms with Crippen molar-refractivity contribution in [2.24, 2.45) is 0 Å². The van der Waals surface area contributed by atoms with Crippen LogP contribution in [0.2, 0.25) is 0 Å².